The maximum absolute atomic E-state index is 10.8. The van der Waals surface area contributed by atoms with Gasteiger partial charge in [0, 0.05) is 7.11 Å². The highest BCUT2D eigenvalue weighted by Gasteiger charge is 2.36. The normalized spacial score (nSPS) is 27.2. The fourth-order valence-electron chi connectivity index (χ4n) is 3.56. The van der Waals surface area contributed by atoms with E-state index in [0.717, 1.165) is 56.9 Å². The summed E-state index contributed by atoms with van der Waals surface area (Å²) in [5.74, 6) is 0. The fourth-order valence-corrected chi connectivity index (χ4v) is 3.56. The molecule has 0 bridgehead atoms. The molecule has 0 aliphatic heterocycles. The highest BCUT2D eigenvalue weighted by atomic mass is 16.5. The van der Waals surface area contributed by atoms with Crippen molar-refractivity contribution in [2.75, 3.05) is 13.7 Å². The van der Waals surface area contributed by atoms with Gasteiger partial charge < -0.3 is 14.9 Å². The van der Waals surface area contributed by atoms with E-state index < -0.39 is 11.2 Å². The molecule has 110 valence electrons. The third-order valence-electron chi connectivity index (χ3n) is 4.74. The number of rotatable bonds is 4. The summed E-state index contributed by atoms with van der Waals surface area (Å²) in [6.07, 6.45) is 11.9. The third-order valence-corrected chi connectivity index (χ3v) is 4.74. The van der Waals surface area contributed by atoms with Gasteiger partial charge in [-0.05, 0) is 37.3 Å². The zero-order valence-electron chi connectivity index (χ0n) is 12.2. The van der Waals surface area contributed by atoms with E-state index in [1.807, 2.05) is 6.08 Å². The molecule has 2 aliphatic rings. The van der Waals surface area contributed by atoms with Crippen molar-refractivity contribution >= 4 is 0 Å². The topological polar surface area (TPSA) is 49.7 Å². The van der Waals surface area contributed by atoms with Gasteiger partial charge in [-0.2, -0.15) is 0 Å². The van der Waals surface area contributed by atoms with Crippen LogP contribution in [0.25, 0.3) is 0 Å². The Morgan fingerprint density at radius 3 is 2.00 bits per heavy atom. The molecule has 2 rings (SSSR count). The quantitative estimate of drug-likeness (QED) is 0.771. The molecule has 2 saturated carbocycles. The average molecular weight is 268 g/mol. The van der Waals surface area contributed by atoms with E-state index in [-0.39, 0.29) is 0 Å². The second-order valence-electron chi connectivity index (χ2n) is 6.36. The smallest absolute Gasteiger partial charge is 0.0879 e. The molecule has 0 radical (unpaired) electrons. The Hall–Kier alpha value is -0.380. The van der Waals surface area contributed by atoms with Gasteiger partial charge in [0.2, 0.25) is 0 Å². The van der Waals surface area contributed by atoms with E-state index in [1.165, 1.54) is 12.8 Å². The second-order valence-corrected chi connectivity index (χ2v) is 6.36. The molecular weight excluding hydrogens is 240 g/mol. The summed E-state index contributed by atoms with van der Waals surface area (Å²) in [5.41, 5.74) is -0.570. The SMILES string of the molecule is COC/C(=C/C1(O)CCCCC1)C1(O)CCCCC1. The molecule has 0 heterocycles. The maximum Gasteiger partial charge on any atom is 0.0879 e. The number of aliphatic hydroxyl groups is 2. The largest absolute Gasteiger partial charge is 0.386 e. The standard InChI is InChI=1S/C16H28O3/c1-19-13-14(16(18)10-6-3-7-11-16)12-15(17)8-4-2-5-9-15/h12,17-18H,2-11,13H2,1H3/b14-12-. The van der Waals surface area contributed by atoms with Crippen LogP contribution in [0.5, 0.6) is 0 Å². The predicted molar refractivity (Wildman–Crippen MR) is 76.0 cm³/mol. The molecule has 0 aromatic heterocycles. The first-order chi connectivity index (χ1) is 9.08. The highest BCUT2D eigenvalue weighted by molar-refractivity contribution is 5.23. The molecule has 2 N–H and O–H groups in total. The minimum absolute atomic E-state index is 0.429. The highest BCUT2D eigenvalue weighted by Crippen LogP contribution is 2.38. The van der Waals surface area contributed by atoms with Crippen molar-refractivity contribution < 1.29 is 14.9 Å². The molecule has 0 aromatic rings. The van der Waals surface area contributed by atoms with E-state index in [2.05, 4.69) is 0 Å². The second kappa shape index (κ2) is 6.38. The van der Waals surface area contributed by atoms with Crippen molar-refractivity contribution in [2.45, 2.75) is 75.4 Å². The van der Waals surface area contributed by atoms with Crippen LogP contribution in [0.1, 0.15) is 64.2 Å². The van der Waals surface area contributed by atoms with E-state index in [0.29, 0.717) is 6.61 Å². The molecule has 2 fully saturated rings. The average Bonchev–Trinajstić information content (AvgIpc) is 2.40. The summed E-state index contributed by atoms with van der Waals surface area (Å²) < 4.78 is 5.27. The summed E-state index contributed by atoms with van der Waals surface area (Å²) in [4.78, 5) is 0. The Morgan fingerprint density at radius 1 is 0.947 bits per heavy atom. The van der Waals surface area contributed by atoms with Gasteiger partial charge in [-0.15, -0.1) is 0 Å². The number of ether oxygens (including phenoxy) is 1. The molecule has 0 unspecified atom stereocenters. The molecule has 0 saturated heterocycles. The van der Waals surface area contributed by atoms with Crippen LogP contribution in [0.2, 0.25) is 0 Å². The van der Waals surface area contributed by atoms with Crippen LogP contribution in [-0.2, 0) is 4.74 Å². The Balaban J connectivity index is 2.17. The van der Waals surface area contributed by atoms with Gasteiger partial charge in [0.05, 0.1) is 17.8 Å². The third kappa shape index (κ3) is 3.80. The predicted octanol–water partition coefficient (Wildman–Crippen LogP) is 2.95. The lowest BCUT2D eigenvalue weighted by atomic mass is 9.76. The van der Waals surface area contributed by atoms with Crippen LogP contribution < -0.4 is 0 Å². The lowest BCUT2D eigenvalue weighted by molar-refractivity contribution is 0.0138. The summed E-state index contributed by atoms with van der Waals surface area (Å²) in [6.45, 7) is 0.429. The van der Waals surface area contributed by atoms with E-state index in [1.54, 1.807) is 7.11 Å². The summed E-state index contributed by atoms with van der Waals surface area (Å²) >= 11 is 0. The van der Waals surface area contributed by atoms with E-state index >= 15 is 0 Å². The number of hydrogen-bond acceptors (Lipinski definition) is 3. The molecule has 3 heteroatoms. The van der Waals surface area contributed by atoms with Gasteiger partial charge in [-0.25, -0.2) is 0 Å². The van der Waals surface area contributed by atoms with Gasteiger partial charge in [0.15, 0.2) is 0 Å². The van der Waals surface area contributed by atoms with Crippen LogP contribution in [0.3, 0.4) is 0 Å². The summed E-state index contributed by atoms with van der Waals surface area (Å²) in [7, 11) is 1.66. The van der Waals surface area contributed by atoms with Crippen molar-refractivity contribution in [1.82, 2.24) is 0 Å². The maximum atomic E-state index is 10.8. The molecule has 2 aliphatic carbocycles. The first-order valence-electron chi connectivity index (χ1n) is 7.74. The zero-order chi connectivity index (χ0) is 13.8. The van der Waals surface area contributed by atoms with Crippen LogP contribution >= 0.6 is 0 Å². The van der Waals surface area contributed by atoms with Crippen molar-refractivity contribution in [3.63, 3.8) is 0 Å². The minimum atomic E-state index is -0.749. The molecule has 19 heavy (non-hydrogen) atoms. The fraction of sp³-hybridized carbons (Fsp3) is 0.875. The Labute approximate surface area is 116 Å². The van der Waals surface area contributed by atoms with Crippen LogP contribution in [0.4, 0.5) is 0 Å². The van der Waals surface area contributed by atoms with Crippen LogP contribution in [0, 0.1) is 0 Å². The van der Waals surface area contributed by atoms with Crippen molar-refractivity contribution in [1.29, 1.82) is 0 Å². The Bertz CT molecular complexity index is 310. The van der Waals surface area contributed by atoms with Gasteiger partial charge in [0.1, 0.15) is 0 Å². The van der Waals surface area contributed by atoms with Crippen LogP contribution in [-0.4, -0.2) is 35.1 Å². The lowest BCUT2D eigenvalue weighted by Gasteiger charge is -2.37. The van der Waals surface area contributed by atoms with Crippen molar-refractivity contribution in [3.8, 4) is 0 Å². The van der Waals surface area contributed by atoms with Gasteiger partial charge in [-0.3, -0.25) is 0 Å². The first kappa shape index (κ1) is 15.0. The molecule has 0 spiro atoms. The van der Waals surface area contributed by atoms with Gasteiger partial charge in [0.25, 0.3) is 0 Å². The van der Waals surface area contributed by atoms with E-state index in [9.17, 15) is 10.2 Å². The molecule has 3 nitrogen and oxygen atoms in total. The molecule has 0 aromatic carbocycles. The lowest BCUT2D eigenvalue weighted by Crippen LogP contribution is -2.38. The Morgan fingerprint density at radius 2 is 1.47 bits per heavy atom. The molecular formula is C16H28O3. The Kier molecular flexibility index (Phi) is 5.04. The minimum Gasteiger partial charge on any atom is -0.386 e. The molecule has 0 atom stereocenters. The monoisotopic (exact) mass is 268 g/mol. The molecule has 0 amide bonds. The van der Waals surface area contributed by atoms with Crippen molar-refractivity contribution in [3.05, 3.63) is 11.6 Å². The zero-order valence-corrected chi connectivity index (χ0v) is 12.2. The number of methoxy groups -OCH3 is 1. The van der Waals surface area contributed by atoms with Gasteiger partial charge in [-0.1, -0.05) is 38.5 Å². The summed E-state index contributed by atoms with van der Waals surface area (Å²) in [6, 6.07) is 0. The van der Waals surface area contributed by atoms with Gasteiger partial charge >= 0.3 is 0 Å². The van der Waals surface area contributed by atoms with Crippen LogP contribution in [0.15, 0.2) is 11.6 Å². The number of hydrogen-bond donors (Lipinski definition) is 2. The van der Waals surface area contributed by atoms with E-state index in [4.69, 9.17) is 4.74 Å². The van der Waals surface area contributed by atoms with Crippen molar-refractivity contribution in [2.24, 2.45) is 0 Å². The summed E-state index contributed by atoms with van der Waals surface area (Å²) in [5, 5.41) is 21.5. The first-order valence-corrected chi connectivity index (χ1v) is 7.74.